The van der Waals surface area contributed by atoms with Gasteiger partial charge in [-0.05, 0) is 70.5 Å². The number of likely N-dealkylation sites (N-methyl/N-ethyl adjacent to an activating group) is 1. The molecule has 1 aromatic heterocycles. The maximum Gasteiger partial charge on any atom is 0.122 e. The molecule has 1 aliphatic heterocycles. The number of rotatable bonds is 10. The zero-order valence-electron chi connectivity index (χ0n) is 20.0. The van der Waals surface area contributed by atoms with Crippen LogP contribution in [-0.2, 0) is 13.0 Å². The number of hydrogen-bond donors (Lipinski definition) is 0. The van der Waals surface area contributed by atoms with E-state index in [1.165, 1.54) is 61.6 Å². The van der Waals surface area contributed by atoms with Crippen molar-refractivity contribution in [3.63, 3.8) is 0 Å². The minimum Gasteiger partial charge on any atom is -0.493 e. The van der Waals surface area contributed by atoms with E-state index in [4.69, 9.17) is 9.72 Å². The second kappa shape index (κ2) is 11.0. The van der Waals surface area contributed by atoms with Crippen molar-refractivity contribution in [3.8, 4) is 5.75 Å². The van der Waals surface area contributed by atoms with Gasteiger partial charge in [0.1, 0.15) is 11.6 Å². The molecule has 0 spiro atoms. The van der Waals surface area contributed by atoms with Gasteiger partial charge in [0.15, 0.2) is 0 Å². The third kappa shape index (κ3) is 5.90. The number of aromatic nitrogens is 2. The fourth-order valence-corrected chi connectivity index (χ4v) is 4.61. The van der Waals surface area contributed by atoms with Gasteiger partial charge in [0, 0.05) is 39.1 Å². The molecule has 0 atom stereocenters. The van der Waals surface area contributed by atoms with E-state index < -0.39 is 0 Å². The minimum atomic E-state index is 0.759. The van der Waals surface area contributed by atoms with Gasteiger partial charge in [0.25, 0.3) is 0 Å². The van der Waals surface area contributed by atoms with Gasteiger partial charge in [-0.2, -0.15) is 0 Å². The van der Waals surface area contributed by atoms with Crippen LogP contribution < -0.4 is 4.74 Å². The Kier molecular flexibility index (Phi) is 7.82. The van der Waals surface area contributed by atoms with Crippen LogP contribution in [0.1, 0.15) is 36.2 Å². The predicted molar refractivity (Wildman–Crippen MR) is 133 cm³/mol. The van der Waals surface area contributed by atoms with Gasteiger partial charge < -0.3 is 19.1 Å². The van der Waals surface area contributed by atoms with E-state index in [1.807, 2.05) is 0 Å². The van der Waals surface area contributed by atoms with Crippen LogP contribution in [0.25, 0.3) is 11.0 Å². The molecule has 0 bridgehead atoms. The molecule has 0 amide bonds. The van der Waals surface area contributed by atoms with E-state index in [-0.39, 0.29) is 0 Å². The van der Waals surface area contributed by atoms with Crippen LogP contribution in [0, 0.1) is 13.8 Å². The summed E-state index contributed by atoms with van der Waals surface area (Å²) in [4.78, 5) is 9.99. The second-order valence-corrected chi connectivity index (χ2v) is 9.24. The van der Waals surface area contributed by atoms with Crippen molar-refractivity contribution in [1.82, 2.24) is 19.4 Å². The molecular weight excluding hydrogens is 396 g/mol. The van der Waals surface area contributed by atoms with Crippen molar-refractivity contribution >= 4 is 11.0 Å². The fraction of sp³-hybridized carbons (Fsp3) is 0.519. The number of nitrogens with zero attached hydrogens (tertiary/aromatic N) is 4. The quantitative estimate of drug-likeness (QED) is 0.434. The third-order valence-corrected chi connectivity index (χ3v) is 6.57. The zero-order chi connectivity index (χ0) is 22.3. The number of ether oxygens (including phenoxy) is 1. The first-order valence-electron chi connectivity index (χ1n) is 12.2. The molecule has 172 valence electrons. The Morgan fingerprint density at radius 2 is 1.72 bits per heavy atom. The smallest absolute Gasteiger partial charge is 0.122 e. The van der Waals surface area contributed by atoms with E-state index >= 15 is 0 Å². The molecule has 0 radical (unpaired) electrons. The molecule has 0 unspecified atom stereocenters. The zero-order valence-corrected chi connectivity index (χ0v) is 20.0. The van der Waals surface area contributed by atoms with Gasteiger partial charge in [-0.1, -0.05) is 29.8 Å². The Balaban J connectivity index is 1.30. The molecule has 5 heteroatoms. The predicted octanol–water partition coefficient (Wildman–Crippen LogP) is 4.69. The van der Waals surface area contributed by atoms with Crippen LogP contribution in [0.3, 0.4) is 0 Å². The van der Waals surface area contributed by atoms with Crippen molar-refractivity contribution < 1.29 is 4.74 Å². The lowest BCUT2D eigenvalue weighted by Gasteiger charge is -2.32. The molecule has 3 aromatic rings. The van der Waals surface area contributed by atoms with Gasteiger partial charge in [0.05, 0.1) is 17.6 Å². The monoisotopic (exact) mass is 434 g/mol. The Labute approximate surface area is 193 Å². The number of unbranched alkanes of at least 4 members (excludes halogenated alkanes) is 1. The van der Waals surface area contributed by atoms with Gasteiger partial charge in [-0.25, -0.2) is 4.98 Å². The van der Waals surface area contributed by atoms with E-state index in [0.29, 0.717) is 0 Å². The Morgan fingerprint density at radius 3 is 2.53 bits per heavy atom. The number of para-hydroxylation sites is 2. The Morgan fingerprint density at radius 1 is 0.906 bits per heavy atom. The number of piperazine rings is 1. The highest BCUT2D eigenvalue weighted by Crippen LogP contribution is 2.20. The SMILES string of the molecule is Cc1ccc(OCCCCn2c(CCCN3CCN(C)CC3)nc3ccccc32)c(C)c1. The number of benzene rings is 2. The standard InChI is InChI=1S/C27H38N4O/c1-22-12-13-26(23(2)21-22)32-20-7-6-15-31-25-10-5-4-9-24(25)28-27(31)11-8-14-30-18-16-29(3)17-19-30/h4-5,9-10,12-13,21H,6-8,11,14-20H2,1-3H3. The highest BCUT2D eigenvalue weighted by Gasteiger charge is 2.15. The van der Waals surface area contributed by atoms with E-state index in [2.05, 4.69) is 77.7 Å². The van der Waals surface area contributed by atoms with Gasteiger partial charge >= 0.3 is 0 Å². The molecule has 1 saturated heterocycles. The summed E-state index contributed by atoms with van der Waals surface area (Å²) >= 11 is 0. The highest BCUT2D eigenvalue weighted by atomic mass is 16.5. The Bertz CT molecular complexity index is 1000. The van der Waals surface area contributed by atoms with Gasteiger partial charge in [-0.15, -0.1) is 0 Å². The van der Waals surface area contributed by atoms with Gasteiger partial charge in [-0.3, -0.25) is 0 Å². The average Bonchev–Trinajstić information content (AvgIpc) is 3.13. The lowest BCUT2D eigenvalue weighted by atomic mass is 10.1. The van der Waals surface area contributed by atoms with Crippen molar-refractivity contribution in [1.29, 1.82) is 0 Å². The summed E-state index contributed by atoms with van der Waals surface area (Å²) < 4.78 is 8.48. The molecule has 0 N–H and O–H groups in total. The minimum absolute atomic E-state index is 0.759. The van der Waals surface area contributed by atoms with Crippen LogP contribution in [-0.4, -0.2) is 65.7 Å². The van der Waals surface area contributed by atoms with Crippen LogP contribution in [0.2, 0.25) is 0 Å². The summed E-state index contributed by atoms with van der Waals surface area (Å²) in [6.45, 7) is 11.9. The number of fused-ring (bicyclic) bond motifs is 1. The highest BCUT2D eigenvalue weighted by molar-refractivity contribution is 5.75. The molecular formula is C27H38N4O. The lowest BCUT2D eigenvalue weighted by Crippen LogP contribution is -2.44. The summed E-state index contributed by atoms with van der Waals surface area (Å²) in [5, 5.41) is 0. The van der Waals surface area contributed by atoms with E-state index in [9.17, 15) is 0 Å². The van der Waals surface area contributed by atoms with E-state index in [0.717, 1.165) is 43.7 Å². The first-order chi connectivity index (χ1) is 15.6. The summed E-state index contributed by atoms with van der Waals surface area (Å²) in [5.41, 5.74) is 4.88. The number of imidazole rings is 1. The van der Waals surface area contributed by atoms with Crippen molar-refractivity contribution in [2.45, 2.75) is 46.1 Å². The second-order valence-electron chi connectivity index (χ2n) is 9.24. The van der Waals surface area contributed by atoms with Crippen LogP contribution in [0.15, 0.2) is 42.5 Å². The molecule has 1 aliphatic rings. The van der Waals surface area contributed by atoms with Crippen molar-refractivity contribution in [3.05, 3.63) is 59.4 Å². The summed E-state index contributed by atoms with van der Waals surface area (Å²) in [6.07, 6.45) is 4.35. The molecule has 0 saturated carbocycles. The normalized spacial score (nSPS) is 15.5. The number of aryl methyl sites for hydroxylation is 4. The fourth-order valence-electron chi connectivity index (χ4n) is 4.61. The number of hydrogen-bond acceptors (Lipinski definition) is 4. The van der Waals surface area contributed by atoms with Crippen LogP contribution in [0.5, 0.6) is 5.75 Å². The first-order valence-corrected chi connectivity index (χ1v) is 12.2. The molecule has 5 nitrogen and oxygen atoms in total. The third-order valence-electron chi connectivity index (χ3n) is 6.57. The lowest BCUT2D eigenvalue weighted by molar-refractivity contribution is 0.152. The molecule has 2 aromatic carbocycles. The maximum absolute atomic E-state index is 6.03. The molecule has 0 aliphatic carbocycles. The summed E-state index contributed by atoms with van der Waals surface area (Å²) in [5.74, 6) is 2.24. The van der Waals surface area contributed by atoms with Gasteiger partial charge in [0.2, 0.25) is 0 Å². The Hall–Kier alpha value is -2.37. The summed E-state index contributed by atoms with van der Waals surface area (Å²) in [7, 11) is 2.21. The first kappa shape index (κ1) is 22.8. The topological polar surface area (TPSA) is 33.5 Å². The molecule has 2 heterocycles. The van der Waals surface area contributed by atoms with Crippen LogP contribution >= 0.6 is 0 Å². The van der Waals surface area contributed by atoms with E-state index in [1.54, 1.807) is 0 Å². The average molecular weight is 435 g/mol. The largest absolute Gasteiger partial charge is 0.493 e. The summed E-state index contributed by atoms with van der Waals surface area (Å²) in [6, 6.07) is 14.9. The van der Waals surface area contributed by atoms with Crippen molar-refractivity contribution in [2.24, 2.45) is 0 Å². The molecule has 1 fully saturated rings. The molecule has 4 rings (SSSR count). The molecule has 32 heavy (non-hydrogen) atoms. The van der Waals surface area contributed by atoms with Crippen LogP contribution in [0.4, 0.5) is 0 Å². The van der Waals surface area contributed by atoms with Crippen molar-refractivity contribution in [2.75, 3.05) is 46.4 Å². The maximum atomic E-state index is 6.03.